The molecule has 0 unspecified atom stereocenters. The van der Waals surface area contributed by atoms with Crippen molar-refractivity contribution in [3.05, 3.63) is 24.0 Å². The van der Waals surface area contributed by atoms with Gasteiger partial charge in [-0.25, -0.2) is 9.78 Å². The predicted molar refractivity (Wildman–Crippen MR) is 62.3 cm³/mol. The number of carboxylic acids is 1. The number of nitrogens with zero attached hydrogens (tertiary/aromatic N) is 4. The van der Waals surface area contributed by atoms with Gasteiger partial charge in [0.1, 0.15) is 0 Å². The predicted octanol–water partition coefficient (Wildman–Crippen LogP) is -1.29. The summed E-state index contributed by atoms with van der Waals surface area (Å²) in [5, 5.41) is 17.2. The van der Waals surface area contributed by atoms with E-state index in [0.29, 0.717) is 6.54 Å². The van der Waals surface area contributed by atoms with Crippen LogP contribution in [0.25, 0.3) is 0 Å². The Hall–Kier alpha value is -2.91. The molecule has 0 fully saturated rings. The molecule has 2 aromatic rings. The zero-order chi connectivity index (χ0) is 13.8. The van der Waals surface area contributed by atoms with Crippen molar-refractivity contribution in [1.82, 2.24) is 30.0 Å². The lowest BCUT2D eigenvalue weighted by Crippen LogP contribution is -2.28. The van der Waals surface area contributed by atoms with Gasteiger partial charge in [0.25, 0.3) is 5.91 Å². The maximum absolute atomic E-state index is 11.5. The summed E-state index contributed by atoms with van der Waals surface area (Å²) in [5.41, 5.74) is 5.22. The van der Waals surface area contributed by atoms with Gasteiger partial charge in [-0.05, 0) is 0 Å². The van der Waals surface area contributed by atoms with Crippen LogP contribution in [0.2, 0.25) is 0 Å². The zero-order valence-electron chi connectivity index (χ0n) is 9.70. The Bertz CT molecular complexity index is 602. The average molecular weight is 265 g/mol. The normalized spacial score (nSPS) is 10.3. The minimum absolute atomic E-state index is 0.00846. The molecule has 2 aromatic heterocycles. The summed E-state index contributed by atoms with van der Waals surface area (Å²) in [6.45, 7) is 0.671. The van der Waals surface area contributed by atoms with Crippen LogP contribution in [0.3, 0.4) is 0 Å². The first-order chi connectivity index (χ1) is 9.06. The van der Waals surface area contributed by atoms with Crippen LogP contribution in [0.5, 0.6) is 0 Å². The zero-order valence-corrected chi connectivity index (χ0v) is 9.70. The first kappa shape index (κ1) is 12.5. The topological polar surface area (TPSA) is 152 Å². The molecule has 5 N–H and O–H groups in total. The van der Waals surface area contributed by atoms with Crippen molar-refractivity contribution in [1.29, 1.82) is 0 Å². The SMILES string of the molecule is Nc1n[nH]c(C(=O)NCCn2cnc(C(=O)O)c2)n1. The molecule has 0 atom stereocenters. The fourth-order valence-electron chi connectivity index (χ4n) is 1.35. The number of imidazole rings is 1. The van der Waals surface area contributed by atoms with Crippen molar-refractivity contribution in [2.75, 3.05) is 12.3 Å². The number of anilines is 1. The number of hydrogen-bond acceptors (Lipinski definition) is 6. The van der Waals surface area contributed by atoms with Crippen LogP contribution in [-0.2, 0) is 6.54 Å². The molecule has 0 spiro atoms. The highest BCUT2D eigenvalue weighted by atomic mass is 16.4. The molecule has 0 saturated heterocycles. The summed E-state index contributed by atoms with van der Waals surface area (Å²) in [6.07, 6.45) is 2.75. The van der Waals surface area contributed by atoms with E-state index in [4.69, 9.17) is 10.8 Å². The third kappa shape index (κ3) is 3.06. The van der Waals surface area contributed by atoms with Gasteiger partial charge in [-0.15, -0.1) is 5.10 Å². The highest BCUT2D eigenvalue weighted by Crippen LogP contribution is 1.96. The molecule has 0 aliphatic carbocycles. The molecular weight excluding hydrogens is 254 g/mol. The van der Waals surface area contributed by atoms with Crippen LogP contribution >= 0.6 is 0 Å². The summed E-state index contributed by atoms with van der Waals surface area (Å²) in [4.78, 5) is 29.5. The number of nitrogen functional groups attached to an aromatic ring is 1. The van der Waals surface area contributed by atoms with Crippen molar-refractivity contribution in [2.24, 2.45) is 0 Å². The van der Waals surface area contributed by atoms with Crippen LogP contribution in [0.1, 0.15) is 21.1 Å². The molecular formula is C9H11N7O3. The fourth-order valence-corrected chi connectivity index (χ4v) is 1.35. The van der Waals surface area contributed by atoms with Crippen molar-refractivity contribution in [2.45, 2.75) is 6.54 Å². The standard InChI is InChI=1S/C9H11N7O3/c10-9-13-6(14-15-9)7(17)11-1-2-16-3-5(8(18)19)12-4-16/h3-4H,1-2H2,(H,11,17)(H,18,19)(H3,10,13,14,15). The lowest BCUT2D eigenvalue weighted by atomic mass is 10.5. The highest BCUT2D eigenvalue weighted by Gasteiger charge is 2.10. The van der Waals surface area contributed by atoms with E-state index in [1.807, 2.05) is 0 Å². The number of carboxylic acid groups (broad SMARTS) is 1. The van der Waals surface area contributed by atoms with Gasteiger partial charge in [0.05, 0.1) is 6.33 Å². The third-order valence-corrected chi connectivity index (χ3v) is 2.23. The summed E-state index contributed by atoms with van der Waals surface area (Å²) in [7, 11) is 0. The number of hydrogen-bond donors (Lipinski definition) is 4. The summed E-state index contributed by atoms with van der Waals surface area (Å²) < 4.78 is 1.55. The maximum atomic E-state index is 11.5. The number of carbonyl (C=O) groups is 2. The smallest absolute Gasteiger partial charge is 0.356 e. The molecule has 0 aliphatic heterocycles. The molecule has 0 radical (unpaired) electrons. The maximum Gasteiger partial charge on any atom is 0.356 e. The van der Waals surface area contributed by atoms with E-state index in [2.05, 4.69) is 25.5 Å². The van der Waals surface area contributed by atoms with Crippen molar-refractivity contribution in [3.8, 4) is 0 Å². The van der Waals surface area contributed by atoms with Crippen LogP contribution in [-0.4, -0.2) is 48.3 Å². The molecule has 19 heavy (non-hydrogen) atoms. The molecule has 0 bridgehead atoms. The van der Waals surface area contributed by atoms with Gasteiger partial charge >= 0.3 is 5.97 Å². The lowest BCUT2D eigenvalue weighted by Gasteiger charge is -2.03. The van der Waals surface area contributed by atoms with E-state index >= 15 is 0 Å². The molecule has 1 amide bonds. The second kappa shape index (κ2) is 5.16. The number of aromatic nitrogens is 5. The minimum atomic E-state index is -1.10. The van der Waals surface area contributed by atoms with E-state index in [1.54, 1.807) is 4.57 Å². The van der Waals surface area contributed by atoms with E-state index < -0.39 is 11.9 Å². The Morgan fingerprint density at radius 2 is 2.32 bits per heavy atom. The van der Waals surface area contributed by atoms with Crippen molar-refractivity contribution < 1.29 is 14.7 Å². The molecule has 0 aromatic carbocycles. The first-order valence-electron chi connectivity index (χ1n) is 5.27. The third-order valence-electron chi connectivity index (χ3n) is 2.23. The van der Waals surface area contributed by atoms with Crippen molar-refractivity contribution >= 4 is 17.8 Å². The van der Waals surface area contributed by atoms with Crippen LogP contribution in [0.15, 0.2) is 12.5 Å². The van der Waals surface area contributed by atoms with Gasteiger partial charge in [-0.2, -0.15) is 4.98 Å². The lowest BCUT2D eigenvalue weighted by molar-refractivity contribution is 0.0690. The van der Waals surface area contributed by atoms with Crippen LogP contribution in [0.4, 0.5) is 5.95 Å². The molecule has 10 nitrogen and oxygen atoms in total. The van der Waals surface area contributed by atoms with Gasteiger partial charge < -0.3 is 20.7 Å². The summed E-state index contributed by atoms with van der Waals surface area (Å²) in [5.74, 6) is -1.53. The Kier molecular flexibility index (Phi) is 3.41. The number of carbonyl (C=O) groups excluding carboxylic acids is 1. The molecule has 0 aliphatic rings. The Morgan fingerprint density at radius 3 is 2.89 bits per heavy atom. The minimum Gasteiger partial charge on any atom is -0.476 e. The van der Waals surface area contributed by atoms with Gasteiger partial charge in [0, 0.05) is 19.3 Å². The second-order valence-electron chi connectivity index (χ2n) is 3.60. The van der Waals surface area contributed by atoms with Gasteiger partial charge in [0.2, 0.25) is 11.8 Å². The van der Waals surface area contributed by atoms with Crippen LogP contribution < -0.4 is 11.1 Å². The van der Waals surface area contributed by atoms with E-state index in [0.717, 1.165) is 0 Å². The Labute approximate surface area is 106 Å². The monoisotopic (exact) mass is 265 g/mol. The average Bonchev–Trinajstić information content (AvgIpc) is 2.98. The first-order valence-corrected chi connectivity index (χ1v) is 5.27. The van der Waals surface area contributed by atoms with Gasteiger partial charge in [-0.1, -0.05) is 0 Å². The molecule has 2 rings (SSSR count). The fraction of sp³-hybridized carbons (Fsp3) is 0.222. The number of aromatic amines is 1. The van der Waals surface area contributed by atoms with E-state index in [1.165, 1.54) is 12.5 Å². The number of aromatic carboxylic acids is 1. The largest absolute Gasteiger partial charge is 0.476 e. The van der Waals surface area contributed by atoms with Crippen molar-refractivity contribution in [3.63, 3.8) is 0 Å². The molecule has 0 saturated carbocycles. The second-order valence-corrected chi connectivity index (χ2v) is 3.60. The van der Waals surface area contributed by atoms with E-state index in [9.17, 15) is 9.59 Å². The van der Waals surface area contributed by atoms with E-state index in [-0.39, 0.29) is 24.0 Å². The molecule has 2 heterocycles. The number of rotatable bonds is 5. The van der Waals surface area contributed by atoms with Gasteiger partial charge in [-0.3, -0.25) is 9.89 Å². The summed E-state index contributed by atoms with van der Waals surface area (Å²) in [6, 6.07) is 0. The Balaban J connectivity index is 1.83. The molecule has 100 valence electrons. The van der Waals surface area contributed by atoms with Crippen LogP contribution in [0, 0.1) is 0 Å². The molecule has 10 heteroatoms. The number of nitrogens with two attached hydrogens (primary N) is 1. The number of H-pyrrole nitrogens is 1. The Morgan fingerprint density at radius 1 is 1.53 bits per heavy atom. The summed E-state index contributed by atoms with van der Waals surface area (Å²) >= 11 is 0. The number of amides is 1. The number of nitrogens with one attached hydrogen (secondary N) is 2. The highest BCUT2D eigenvalue weighted by molar-refractivity contribution is 5.90. The van der Waals surface area contributed by atoms with Gasteiger partial charge in [0.15, 0.2) is 5.69 Å². The quantitative estimate of drug-likeness (QED) is 0.524.